The topological polar surface area (TPSA) is 96.8 Å². The van der Waals surface area contributed by atoms with Gasteiger partial charge >= 0.3 is 0 Å². The van der Waals surface area contributed by atoms with Gasteiger partial charge in [-0.25, -0.2) is 17.5 Å². The molecular weight excluding hydrogens is 503 g/mol. The predicted octanol–water partition coefficient (Wildman–Crippen LogP) is 4.29. The fraction of sp³-hybridized carbons (Fsp3) is 0.400. The Balaban J connectivity index is 1.45. The van der Waals surface area contributed by atoms with Crippen molar-refractivity contribution < 1.29 is 12.8 Å². The molecule has 8 nitrogen and oxygen atoms in total. The first-order valence-corrected chi connectivity index (χ1v) is 13.6. The second kappa shape index (κ2) is 9.14. The van der Waals surface area contributed by atoms with Crippen LogP contribution in [0.25, 0.3) is 5.69 Å². The SMILES string of the molecule is Cc1nn(C)c(Cl)c1S(=O)(=O)N(CC#N)C[C@H]1CCC2=C1[C@@H](C)c1cnn(-c3ccc(F)cc3)c1C2. The van der Waals surface area contributed by atoms with Crippen LogP contribution in [0.5, 0.6) is 0 Å². The van der Waals surface area contributed by atoms with Crippen LogP contribution in [0.15, 0.2) is 46.5 Å². The van der Waals surface area contributed by atoms with Crippen LogP contribution in [-0.2, 0) is 23.5 Å². The van der Waals surface area contributed by atoms with Gasteiger partial charge in [-0.15, -0.1) is 0 Å². The fourth-order valence-corrected chi connectivity index (χ4v) is 7.77. The molecule has 0 saturated heterocycles. The number of sulfonamides is 1. The maximum Gasteiger partial charge on any atom is 0.248 e. The maximum absolute atomic E-state index is 13.6. The van der Waals surface area contributed by atoms with E-state index in [1.807, 2.05) is 16.9 Å². The van der Waals surface area contributed by atoms with Crippen LogP contribution >= 0.6 is 11.6 Å². The molecule has 0 bridgehead atoms. The minimum absolute atomic E-state index is 0.0174. The summed E-state index contributed by atoms with van der Waals surface area (Å²) in [6, 6.07) is 8.28. The molecule has 2 aliphatic rings. The second-order valence-corrected chi connectivity index (χ2v) is 11.6. The predicted molar refractivity (Wildman–Crippen MR) is 133 cm³/mol. The van der Waals surface area contributed by atoms with Crippen molar-refractivity contribution in [3.63, 3.8) is 0 Å². The van der Waals surface area contributed by atoms with Crippen LogP contribution < -0.4 is 0 Å². The van der Waals surface area contributed by atoms with E-state index in [-0.39, 0.29) is 40.8 Å². The minimum atomic E-state index is -4.02. The largest absolute Gasteiger partial charge is 0.255 e. The number of allylic oxidation sites excluding steroid dienone is 1. The molecule has 2 aliphatic carbocycles. The summed E-state index contributed by atoms with van der Waals surface area (Å²) in [6.45, 7) is 3.65. The first-order valence-electron chi connectivity index (χ1n) is 11.7. The second-order valence-electron chi connectivity index (χ2n) is 9.41. The van der Waals surface area contributed by atoms with Gasteiger partial charge in [0, 0.05) is 31.5 Å². The Kier molecular flexibility index (Phi) is 6.27. The normalized spacial score (nSPS) is 19.5. The third kappa shape index (κ3) is 3.95. The summed E-state index contributed by atoms with van der Waals surface area (Å²) in [6.07, 6.45) is 4.22. The molecular formula is C25H26ClFN6O2S. The summed E-state index contributed by atoms with van der Waals surface area (Å²) in [5.74, 6) is -0.256. The number of nitrogens with zero attached hydrogens (tertiary/aromatic N) is 6. The van der Waals surface area contributed by atoms with Crippen molar-refractivity contribution in [3.05, 3.63) is 69.5 Å². The molecule has 0 aliphatic heterocycles. The quantitative estimate of drug-likeness (QED) is 0.351. The maximum atomic E-state index is 13.6. The number of halogens is 2. The summed E-state index contributed by atoms with van der Waals surface area (Å²) in [5.41, 5.74) is 5.79. The molecule has 0 radical (unpaired) electrons. The monoisotopic (exact) mass is 528 g/mol. The van der Waals surface area contributed by atoms with Gasteiger partial charge in [-0.05, 0) is 49.9 Å². The first-order chi connectivity index (χ1) is 17.1. The third-order valence-corrected chi connectivity index (χ3v) is 9.81. The van der Waals surface area contributed by atoms with Crippen molar-refractivity contribution in [2.24, 2.45) is 13.0 Å². The number of hydrogen-bond acceptors (Lipinski definition) is 5. The molecule has 0 amide bonds. The molecule has 1 aromatic carbocycles. The number of fused-ring (bicyclic) bond motifs is 1. The van der Waals surface area contributed by atoms with Crippen LogP contribution in [-0.4, -0.2) is 45.4 Å². The van der Waals surface area contributed by atoms with E-state index in [0.717, 1.165) is 29.8 Å². The number of nitriles is 1. The molecule has 0 fully saturated rings. The summed E-state index contributed by atoms with van der Waals surface area (Å²) in [7, 11) is -2.43. The van der Waals surface area contributed by atoms with Crippen molar-refractivity contribution in [3.8, 4) is 11.8 Å². The number of hydrogen-bond donors (Lipinski definition) is 0. The van der Waals surface area contributed by atoms with Gasteiger partial charge in [-0.1, -0.05) is 29.7 Å². The van der Waals surface area contributed by atoms with Crippen molar-refractivity contribution in [1.82, 2.24) is 23.9 Å². The molecule has 5 rings (SSSR count). The molecule has 188 valence electrons. The van der Waals surface area contributed by atoms with Crippen LogP contribution in [0.4, 0.5) is 4.39 Å². The number of benzene rings is 1. The lowest BCUT2D eigenvalue weighted by atomic mass is 9.80. The Morgan fingerprint density at radius 1 is 1.31 bits per heavy atom. The molecule has 3 aromatic rings. The van der Waals surface area contributed by atoms with Crippen LogP contribution in [0.1, 0.15) is 42.6 Å². The molecule has 0 unspecified atom stereocenters. The van der Waals surface area contributed by atoms with Gasteiger partial charge in [0.25, 0.3) is 0 Å². The van der Waals surface area contributed by atoms with Gasteiger partial charge in [0.2, 0.25) is 10.0 Å². The molecule has 0 spiro atoms. The Morgan fingerprint density at radius 2 is 2.03 bits per heavy atom. The zero-order valence-electron chi connectivity index (χ0n) is 20.2. The van der Waals surface area contributed by atoms with Crippen LogP contribution in [0.2, 0.25) is 5.15 Å². The highest BCUT2D eigenvalue weighted by molar-refractivity contribution is 7.89. The highest BCUT2D eigenvalue weighted by atomic mass is 35.5. The van der Waals surface area contributed by atoms with Gasteiger partial charge in [-0.2, -0.15) is 19.8 Å². The van der Waals surface area contributed by atoms with Gasteiger partial charge in [-0.3, -0.25) is 4.68 Å². The van der Waals surface area contributed by atoms with Crippen molar-refractivity contribution in [2.75, 3.05) is 13.1 Å². The van der Waals surface area contributed by atoms with E-state index in [2.05, 4.69) is 17.1 Å². The standard InChI is InChI=1S/C25H26ClFN6O2S/c1-15-21-13-29-33(20-8-6-19(27)7-9-20)22(21)12-17-4-5-18(23(15)17)14-32(11-10-28)36(34,35)24-16(2)30-31(3)25(24)26/h6-9,13,15,18H,4-5,11-12,14H2,1-3H3/t15-,18+/m0/s1. The van der Waals surface area contributed by atoms with E-state index < -0.39 is 10.0 Å². The summed E-state index contributed by atoms with van der Waals surface area (Å²) < 4.78 is 45.0. The average molecular weight is 529 g/mol. The molecule has 11 heteroatoms. The number of aromatic nitrogens is 4. The van der Waals surface area contributed by atoms with Gasteiger partial charge < -0.3 is 0 Å². The minimum Gasteiger partial charge on any atom is -0.255 e. The summed E-state index contributed by atoms with van der Waals surface area (Å²) in [5, 5.41) is 18.2. The molecule has 0 saturated carbocycles. The van der Waals surface area contributed by atoms with Crippen molar-refractivity contribution in [1.29, 1.82) is 5.26 Å². The first kappa shape index (κ1) is 24.7. The third-order valence-electron chi connectivity index (χ3n) is 7.30. The molecule has 2 heterocycles. The van der Waals surface area contributed by atoms with Crippen LogP contribution in [0.3, 0.4) is 0 Å². The van der Waals surface area contributed by atoms with E-state index in [0.29, 0.717) is 12.1 Å². The van der Waals surface area contributed by atoms with Gasteiger partial charge in [0.1, 0.15) is 22.4 Å². The number of aryl methyl sites for hydroxylation is 2. The van der Waals surface area contributed by atoms with E-state index in [9.17, 15) is 18.1 Å². The van der Waals surface area contributed by atoms with Crippen molar-refractivity contribution >= 4 is 21.6 Å². The lowest BCUT2D eigenvalue weighted by Gasteiger charge is -2.29. The highest BCUT2D eigenvalue weighted by Gasteiger charge is 2.40. The lowest BCUT2D eigenvalue weighted by Crippen LogP contribution is -2.36. The van der Waals surface area contributed by atoms with Gasteiger partial charge in [0.15, 0.2) is 0 Å². The average Bonchev–Trinajstić information content (AvgIpc) is 3.50. The zero-order chi connectivity index (χ0) is 25.8. The van der Waals surface area contributed by atoms with Crippen LogP contribution in [0, 0.1) is 30.0 Å². The Labute approximate surface area is 214 Å². The Morgan fingerprint density at radius 3 is 2.67 bits per heavy atom. The smallest absolute Gasteiger partial charge is 0.248 e. The molecule has 2 aromatic heterocycles. The summed E-state index contributed by atoms with van der Waals surface area (Å²) >= 11 is 6.28. The summed E-state index contributed by atoms with van der Waals surface area (Å²) in [4.78, 5) is -0.0475. The fourth-order valence-electron chi connectivity index (χ4n) is 5.68. The number of rotatable bonds is 6. The zero-order valence-corrected chi connectivity index (χ0v) is 21.8. The van der Waals surface area contributed by atoms with E-state index in [1.165, 1.54) is 32.3 Å². The lowest BCUT2D eigenvalue weighted by molar-refractivity contribution is 0.383. The Hall–Kier alpha value is -3.00. The molecule has 2 atom stereocenters. The van der Waals surface area contributed by atoms with Gasteiger partial charge in [0.05, 0.1) is 29.3 Å². The van der Waals surface area contributed by atoms with E-state index >= 15 is 0 Å². The van der Waals surface area contributed by atoms with Crippen molar-refractivity contribution in [2.45, 2.75) is 43.9 Å². The van der Waals surface area contributed by atoms with E-state index in [4.69, 9.17) is 11.6 Å². The van der Waals surface area contributed by atoms with E-state index in [1.54, 1.807) is 26.1 Å². The Bertz CT molecular complexity index is 1520. The highest BCUT2D eigenvalue weighted by Crippen LogP contribution is 2.47. The molecule has 0 N–H and O–H groups in total. The molecule has 36 heavy (non-hydrogen) atoms.